The summed E-state index contributed by atoms with van der Waals surface area (Å²) >= 11 is 4.63. The summed E-state index contributed by atoms with van der Waals surface area (Å²) in [6, 6.07) is 1.72. The smallest absolute Gasteiger partial charge is 0.252 e. The van der Waals surface area contributed by atoms with E-state index in [0.29, 0.717) is 29.8 Å². The number of hydrogen-bond acceptors (Lipinski definition) is 4. The van der Waals surface area contributed by atoms with Gasteiger partial charge in [0.2, 0.25) is 0 Å². The quantitative estimate of drug-likeness (QED) is 0.881. The second kappa shape index (κ2) is 6.19. The predicted octanol–water partition coefficient (Wildman–Crippen LogP) is 2.21. The summed E-state index contributed by atoms with van der Waals surface area (Å²) < 4.78 is 27.5. The fraction of sp³-hybridized carbons (Fsp3) is 0.600. The largest absolute Gasteiger partial charge is 0.330 e. The van der Waals surface area contributed by atoms with E-state index in [1.807, 2.05) is 6.92 Å². The summed E-state index contributed by atoms with van der Waals surface area (Å²) in [5.74, 6) is 0.300. The molecule has 0 bridgehead atoms. The monoisotopic (exact) mass is 374 g/mol. The lowest BCUT2D eigenvalue weighted by Gasteiger charge is -2.14. The highest BCUT2D eigenvalue weighted by molar-refractivity contribution is 9.11. The van der Waals surface area contributed by atoms with Crippen molar-refractivity contribution < 1.29 is 8.42 Å². The van der Waals surface area contributed by atoms with Crippen LogP contribution >= 0.6 is 39.7 Å². The molecule has 0 saturated carbocycles. The van der Waals surface area contributed by atoms with Crippen molar-refractivity contribution in [2.75, 3.05) is 19.6 Å². The summed E-state index contributed by atoms with van der Waals surface area (Å²) in [6.07, 6.45) is 0.862. The van der Waals surface area contributed by atoms with Gasteiger partial charge in [-0.15, -0.1) is 23.7 Å². The number of hydrogen-bond donors (Lipinski definition) is 1. The van der Waals surface area contributed by atoms with Crippen LogP contribution in [0, 0.1) is 12.8 Å². The Bertz CT molecular complexity index is 498. The maximum absolute atomic E-state index is 12.3. The van der Waals surface area contributed by atoms with Gasteiger partial charge in [-0.2, -0.15) is 4.31 Å². The molecule has 104 valence electrons. The maximum atomic E-state index is 12.3. The highest BCUT2D eigenvalue weighted by Crippen LogP contribution is 2.33. The van der Waals surface area contributed by atoms with Crippen LogP contribution in [0.1, 0.15) is 12.0 Å². The molecule has 1 aromatic rings. The van der Waals surface area contributed by atoms with Crippen LogP contribution in [0.4, 0.5) is 0 Å². The van der Waals surface area contributed by atoms with Crippen molar-refractivity contribution >= 4 is 49.7 Å². The number of rotatable bonds is 3. The molecule has 1 aliphatic heterocycles. The Morgan fingerprint density at radius 2 is 2.28 bits per heavy atom. The van der Waals surface area contributed by atoms with Crippen molar-refractivity contribution in [3.8, 4) is 0 Å². The zero-order chi connectivity index (χ0) is 12.6. The van der Waals surface area contributed by atoms with Crippen molar-refractivity contribution in [2.24, 2.45) is 11.7 Å². The average Bonchev–Trinajstić information content (AvgIpc) is 2.87. The van der Waals surface area contributed by atoms with Gasteiger partial charge in [-0.1, -0.05) is 0 Å². The Labute approximate surface area is 126 Å². The fourth-order valence-corrected chi connectivity index (χ4v) is 5.81. The lowest BCUT2D eigenvalue weighted by atomic mass is 10.1. The average molecular weight is 376 g/mol. The number of halogens is 2. The van der Waals surface area contributed by atoms with Crippen molar-refractivity contribution in [1.82, 2.24) is 4.31 Å². The van der Waals surface area contributed by atoms with Gasteiger partial charge < -0.3 is 5.73 Å². The Morgan fingerprint density at radius 1 is 1.61 bits per heavy atom. The summed E-state index contributed by atoms with van der Waals surface area (Å²) in [4.78, 5) is 0. The van der Waals surface area contributed by atoms with Crippen LogP contribution in [0.2, 0.25) is 0 Å². The van der Waals surface area contributed by atoms with E-state index in [4.69, 9.17) is 5.73 Å². The zero-order valence-electron chi connectivity index (χ0n) is 9.93. The van der Waals surface area contributed by atoms with E-state index in [-0.39, 0.29) is 12.4 Å². The van der Waals surface area contributed by atoms with E-state index in [1.54, 1.807) is 10.4 Å². The van der Waals surface area contributed by atoms with E-state index < -0.39 is 10.0 Å². The second-order valence-electron chi connectivity index (χ2n) is 4.28. The highest BCUT2D eigenvalue weighted by atomic mass is 79.9. The van der Waals surface area contributed by atoms with Crippen molar-refractivity contribution in [3.05, 3.63) is 15.4 Å². The maximum Gasteiger partial charge on any atom is 0.252 e. The van der Waals surface area contributed by atoms with Gasteiger partial charge >= 0.3 is 0 Å². The normalized spacial score (nSPS) is 20.9. The molecular formula is C10H16BrClN2O2S2. The number of sulfonamides is 1. The van der Waals surface area contributed by atoms with Gasteiger partial charge in [0, 0.05) is 13.1 Å². The molecule has 2 rings (SSSR count). The first-order valence-corrected chi connectivity index (χ1v) is 8.46. The number of nitrogens with two attached hydrogens (primary N) is 1. The molecule has 1 atom stereocenters. The lowest BCUT2D eigenvalue weighted by molar-refractivity contribution is 0.460. The molecule has 1 aromatic heterocycles. The molecule has 0 amide bonds. The third-order valence-corrected chi connectivity index (χ3v) is 7.46. The van der Waals surface area contributed by atoms with Gasteiger partial charge in [-0.25, -0.2) is 8.42 Å². The third kappa shape index (κ3) is 3.08. The van der Waals surface area contributed by atoms with Crippen LogP contribution in [-0.4, -0.2) is 32.4 Å². The Hall–Kier alpha value is 0.340. The van der Waals surface area contributed by atoms with Crippen molar-refractivity contribution in [1.29, 1.82) is 0 Å². The minimum absolute atomic E-state index is 0. The second-order valence-corrected chi connectivity index (χ2v) is 8.81. The molecule has 1 saturated heterocycles. The third-order valence-electron chi connectivity index (χ3n) is 3.01. The van der Waals surface area contributed by atoms with Crippen LogP contribution in [-0.2, 0) is 10.0 Å². The van der Waals surface area contributed by atoms with E-state index in [1.165, 1.54) is 11.3 Å². The molecule has 2 heterocycles. The molecule has 18 heavy (non-hydrogen) atoms. The number of nitrogens with zero attached hydrogens (tertiary/aromatic N) is 1. The van der Waals surface area contributed by atoms with Crippen LogP contribution in [0.25, 0.3) is 0 Å². The van der Waals surface area contributed by atoms with Gasteiger partial charge in [-0.3, -0.25) is 0 Å². The van der Waals surface area contributed by atoms with Crippen LogP contribution < -0.4 is 5.73 Å². The van der Waals surface area contributed by atoms with E-state index in [9.17, 15) is 8.42 Å². The van der Waals surface area contributed by atoms with Crippen molar-refractivity contribution in [2.45, 2.75) is 17.6 Å². The SMILES string of the molecule is Cc1cc(S(=O)(=O)N2CCC(CN)C2)sc1Br.Cl. The van der Waals surface area contributed by atoms with Crippen LogP contribution in [0.15, 0.2) is 14.1 Å². The first-order valence-electron chi connectivity index (χ1n) is 5.41. The minimum atomic E-state index is -3.32. The standard InChI is InChI=1S/C10H15BrN2O2S2.ClH/c1-7-4-9(16-10(7)11)17(14,15)13-3-2-8(5-12)6-13;/h4,8H,2-3,5-6,12H2,1H3;1H. The van der Waals surface area contributed by atoms with E-state index in [0.717, 1.165) is 15.8 Å². The molecule has 0 aliphatic carbocycles. The molecule has 4 nitrogen and oxygen atoms in total. The number of thiophene rings is 1. The predicted molar refractivity (Wildman–Crippen MR) is 79.9 cm³/mol. The first kappa shape index (κ1) is 16.4. The molecule has 0 aromatic carbocycles. The highest BCUT2D eigenvalue weighted by Gasteiger charge is 2.33. The topological polar surface area (TPSA) is 63.4 Å². The summed E-state index contributed by atoms with van der Waals surface area (Å²) in [5, 5.41) is 0. The zero-order valence-corrected chi connectivity index (χ0v) is 14.0. The molecule has 8 heteroatoms. The van der Waals surface area contributed by atoms with Crippen LogP contribution in [0.5, 0.6) is 0 Å². The molecule has 0 spiro atoms. The van der Waals surface area contributed by atoms with Gasteiger partial charge in [0.05, 0.1) is 3.79 Å². The molecule has 1 unspecified atom stereocenters. The van der Waals surface area contributed by atoms with Gasteiger partial charge in [0.1, 0.15) is 4.21 Å². The lowest BCUT2D eigenvalue weighted by Crippen LogP contribution is -2.29. The number of aryl methyl sites for hydroxylation is 1. The van der Waals surface area contributed by atoms with Gasteiger partial charge in [0.15, 0.2) is 0 Å². The molecule has 1 aliphatic rings. The molecule has 1 fully saturated rings. The van der Waals surface area contributed by atoms with Gasteiger partial charge in [-0.05, 0) is 53.4 Å². The summed E-state index contributed by atoms with van der Waals surface area (Å²) in [5.41, 5.74) is 6.54. The summed E-state index contributed by atoms with van der Waals surface area (Å²) in [6.45, 7) is 3.58. The van der Waals surface area contributed by atoms with Crippen molar-refractivity contribution in [3.63, 3.8) is 0 Å². The fourth-order valence-electron chi connectivity index (χ4n) is 1.89. The van der Waals surface area contributed by atoms with Crippen LogP contribution in [0.3, 0.4) is 0 Å². The first-order chi connectivity index (χ1) is 7.95. The summed E-state index contributed by atoms with van der Waals surface area (Å²) in [7, 11) is -3.32. The molecule has 2 N–H and O–H groups in total. The Morgan fingerprint density at radius 3 is 2.72 bits per heavy atom. The minimum Gasteiger partial charge on any atom is -0.330 e. The Balaban J connectivity index is 0.00000162. The molecular weight excluding hydrogens is 360 g/mol. The van der Waals surface area contributed by atoms with E-state index >= 15 is 0 Å². The van der Waals surface area contributed by atoms with Gasteiger partial charge in [0.25, 0.3) is 10.0 Å². The Kier molecular flexibility index (Phi) is 5.64. The van der Waals surface area contributed by atoms with E-state index in [2.05, 4.69) is 15.9 Å². The molecule has 0 radical (unpaired) electrons.